The average molecular weight is 415 g/mol. The first kappa shape index (κ1) is 26.7. The van der Waals surface area contributed by atoms with Gasteiger partial charge in [-0.2, -0.15) is 8.60 Å². The Morgan fingerprint density at radius 3 is 1.54 bits per heavy atom. The van der Waals surface area contributed by atoms with E-state index in [0.29, 0.717) is 6.61 Å². The molecule has 2 rings (SSSR count). The van der Waals surface area contributed by atoms with E-state index in [-0.39, 0.29) is 0 Å². The highest BCUT2D eigenvalue weighted by Crippen LogP contribution is 2.12. The van der Waals surface area contributed by atoms with Crippen molar-refractivity contribution >= 4 is 8.60 Å². The first-order chi connectivity index (χ1) is 13.5. The summed E-state index contributed by atoms with van der Waals surface area (Å²) in [5.41, 5.74) is 0. The summed E-state index contributed by atoms with van der Waals surface area (Å²) in [6.45, 7) is 6.72. The van der Waals surface area contributed by atoms with E-state index in [1.54, 1.807) is 0 Å². The third kappa shape index (κ3) is 13.8. The summed E-state index contributed by atoms with van der Waals surface area (Å²) in [6, 6.07) is 0. The van der Waals surface area contributed by atoms with E-state index in [1.165, 1.54) is 50.2 Å². The monoisotopic (exact) mass is 414 g/mol. The molecule has 28 heavy (non-hydrogen) atoms. The maximum Gasteiger partial charge on any atom is 0.253 e. The Hall–Kier alpha value is -1.27. The molecule has 0 saturated carbocycles. The molecule has 0 aliphatic heterocycles. The molecule has 0 bridgehead atoms. The van der Waals surface area contributed by atoms with Crippen molar-refractivity contribution in [2.24, 2.45) is 14.1 Å². The molecule has 2 heterocycles. The van der Waals surface area contributed by atoms with Gasteiger partial charge in [0, 0.05) is 19.4 Å². The lowest BCUT2D eigenvalue weighted by Gasteiger charge is -2.28. The largest absolute Gasteiger partial charge is 0.820 e. The van der Waals surface area contributed by atoms with Crippen LogP contribution < -0.4 is 18.9 Å². The molecule has 0 radical (unpaired) electrons. The number of nitrogens with zero attached hydrogens (tertiary/aromatic N) is 2. The lowest BCUT2D eigenvalue weighted by molar-refractivity contribution is -0.678. The number of imidazole rings is 2. The van der Waals surface area contributed by atoms with Crippen LogP contribution in [0.25, 0.3) is 0 Å². The molecule has 0 atom stereocenters. The number of nitrogens with one attached hydrogen (secondary N) is 2. The van der Waals surface area contributed by atoms with Gasteiger partial charge in [0.1, 0.15) is 24.8 Å². The van der Waals surface area contributed by atoms with E-state index in [9.17, 15) is 9.79 Å². The lowest BCUT2D eigenvalue weighted by atomic mass is 10.2. The second kappa shape index (κ2) is 17.8. The van der Waals surface area contributed by atoms with Gasteiger partial charge >= 0.3 is 0 Å². The van der Waals surface area contributed by atoms with Crippen molar-refractivity contribution in [3.63, 3.8) is 0 Å². The summed E-state index contributed by atoms with van der Waals surface area (Å²) in [5.74, 6) is 2.64. The molecule has 2 aromatic rings. The molecule has 0 spiro atoms. The van der Waals surface area contributed by atoms with Crippen LogP contribution in [0.4, 0.5) is 0 Å². The quantitative estimate of drug-likeness (QED) is 0.354. The molecular formula is C20H39N4O3P. The summed E-state index contributed by atoms with van der Waals surface area (Å²) in [6.07, 6.45) is 17.2. The standard InChI is InChI=1S/2C8H14N2.C4H9O3P/c2*1-3-4-5-8-9-6-7-10(8)2;1-2-3-4-7-8(5)6/h2*6-7H,3-5H2,1-2H3;2-4H2,1H3/q;;-2/p+2. The van der Waals surface area contributed by atoms with Gasteiger partial charge in [-0.25, -0.2) is 19.1 Å². The zero-order valence-corrected chi connectivity index (χ0v) is 19.1. The Morgan fingerprint density at radius 1 is 0.821 bits per heavy atom. The second-order valence-electron chi connectivity index (χ2n) is 6.65. The van der Waals surface area contributed by atoms with Gasteiger partial charge in [-0.1, -0.05) is 40.0 Å². The Kier molecular flexibility index (Phi) is 17.0. The summed E-state index contributed by atoms with van der Waals surface area (Å²) in [7, 11) is 1.53. The highest BCUT2D eigenvalue weighted by molar-refractivity contribution is 7.36. The van der Waals surface area contributed by atoms with Crippen LogP contribution in [0.1, 0.15) is 70.9 Å². The van der Waals surface area contributed by atoms with E-state index in [2.05, 4.69) is 51.6 Å². The molecule has 0 aliphatic carbocycles. The maximum absolute atomic E-state index is 9.69. The van der Waals surface area contributed by atoms with Crippen LogP contribution in [-0.4, -0.2) is 16.6 Å². The lowest BCUT2D eigenvalue weighted by Crippen LogP contribution is -2.30. The van der Waals surface area contributed by atoms with E-state index >= 15 is 0 Å². The normalized spacial score (nSPS) is 10.3. The maximum atomic E-state index is 9.69. The molecule has 7 nitrogen and oxygen atoms in total. The van der Waals surface area contributed by atoms with Gasteiger partial charge in [-0.05, 0) is 19.3 Å². The Bertz CT molecular complexity index is 543. The molecule has 0 fully saturated rings. The van der Waals surface area contributed by atoms with Crippen molar-refractivity contribution in [3.05, 3.63) is 36.4 Å². The molecule has 8 heteroatoms. The van der Waals surface area contributed by atoms with Crippen molar-refractivity contribution in [2.45, 2.75) is 72.1 Å². The predicted octanol–water partition coefficient (Wildman–Crippen LogP) is 2.11. The van der Waals surface area contributed by atoms with Crippen LogP contribution in [0, 0.1) is 0 Å². The van der Waals surface area contributed by atoms with Crippen LogP contribution >= 0.6 is 8.60 Å². The van der Waals surface area contributed by atoms with Gasteiger partial charge in [0.2, 0.25) is 0 Å². The average Bonchev–Trinajstić information content (AvgIpc) is 3.27. The fourth-order valence-corrected chi connectivity index (χ4v) is 2.62. The molecule has 0 aliphatic rings. The van der Waals surface area contributed by atoms with E-state index in [0.717, 1.165) is 12.8 Å². The first-order valence-electron chi connectivity index (χ1n) is 10.3. The molecule has 0 aromatic carbocycles. The fraction of sp³-hybridized carbons (Fsp3) is 0.700. The van der Waals surface area contributed by atoms with E-state index < -0.39 is 8.60 Å². The van der Waals surface area contributed by atoms with Gasteiger partial charge in [0.25, 0.3) is 11.6 Å². The summed E-state index contributed by atoms with van der Waals surface area (Å²) in [5, 5.41) is 0. The number of unbranched alkanes of at least 4 members (excludes halogenated alkanes) is 3. The van der Waals surface area contributed by atoms with Gasteiger partial charge in [0.05, 0.1) is 14.1 Å². The molecular weight excluding hydrogens is 375 g/mol. The molecule has 2 aromatic heterocycles. The van der Waals surface area contributed by atoms with Gasteiger partial charge in [0.15, 0.2) is 0 Å². The highest BCUT2D eigenvalue weighted by atomic mass is 31.2. The number of aromatic nitrogens is 4. The number of hydrogen-bond acceptors (Lipinski definition) is 3. The third-order valence-corrected chi connectivity index (χ3v) is 4.57. The van der Waals surface area contributed by atoms with Crippen LogP contribution in [0.5, 0.6) is 0 Å². The minimum atomic E-state index is -2.61. The Morgan fingerprint density at radius 2 is 1.25 bits per heavy atom. The van der Waals surface area contributed by atoms with Crippen LogP contribution in [0.15, 0.2) is 24.8 Å². The molecule has 0 amide bonds. The van der Waals surface area contributed by atoms with E-state index in [1.807, 2.05) is 31.7 Å². The number of rotatable bonds is 10. The Labute approximate surface area is 171 Å². The minimum Gasteiger partial charge on any atom is -0.820 e. The summed E-state index contributed by atoms with van der Waals surface area (Å²) < 4.78 is 8.51. The SMILES string of the molecule is CCCCOP([O-])[O-].CCCCc1[nH]cc[n+]1C.CCCCc1[nH]cc[n+]1C. The van der Waals surface area contributed by atoms with Crippen LogP contribution in [0.2, 0.25) is 0 Å². The molecule has 0 saturated heterocycles. The minimum absolute atomic E-state index is 0.329. The van der Waals surface area contributed by atoms with Gasteiger partial charge in [-0.3, -0.25) is 0 Å². The van der Waals surface area contributed by atoms with Crippen LogP contribution in [0.3, 0.4) is 0 Å². The van der Waals surface area contributed by atoms with Gasteiger partial charge in [-0.15, -0.1) is 0 Å². The zero-order chi connectivity index (χ0) is 21.2. The summed E-state index contributed by atoms with van der Waals surface area (Å²) >= 11 is 0. The van der Waals surface area contributed by atoms with Crippen molar-refractivity contribution in [2.75, 3.05) is 6.61 Å². The van der Waals surface area contributed by atoms with Crippen molar-refractivity contribution in [1.29, 1.82) is 0 Å². The molecule has 2 N–H and O–H groups in total. The highest BCUT2D eigenvalue weighted by Gasteiger charge is 2.04. The van der Waals surface area contributed by atoms with Crippen molar-refractivity contribution in [3.8, 4) is 0 Å². The molecule has 162 valence electrons. The number of aryl methyl sites for hydroxylation is 4. The number of aromatic amines is 2. The fourth-order valence-electron chi connectivity index (χ4n) is 2.34. The second-order valence-corrected chi connectivity index (χ2v) is 7.36. The molecule has 0 unspecified atom stereocenters. The summed E-state index contributed by atoms with van der Waals surface area (Å²) in [4.78, 5) is 25.8. The first-order valence-corrected chi connectivity index (χ1v) is 11.4. The number of H-pyrrole nitrogens is 2. The van der Waals surface area contributed by atoms with E-state index in [4.69, 9.17) is 0 Å². The smallest absolute Gasteiger partial charge is 0.253 e. The van der Waals surface area contributed by atoms with Crippen LogP contribution in [-0.2, 0) is 31.5 Å². The number of hydrogen-bond donors (Lipinski definition) is 2. The third-order valence-electron chi connectivity index (χ3n) is 4.18. The Balaban J connectivity index is 0.000000394. The van der Waals surface area contributed by atoms with Crippen molar-refractivity contribution < 1.29 is 23.4 Å². The predicted molar refractivity (Wildman–Crippen MR) is 109 cm³/mol. The van der Waals surface area contributed by atoms with Crippen molar-refractivity contribution in [1.82, 2.24) is 9.97 Å². The zero-order valence-electron chi connectivity index (χ0n) is 18.2. The topological polar surface area (TPSA) is 94.7 Å². The van der Waals surface area contributed by atoms with Gasteiger partial charge < -0.3 is 14.3 Å².